The van der Waals surface area contributed by atoms with Crippen molar-refractivity contribution in [2.24, 2.45) is 0 Å². The number of halogens is 1. The van der Waals surface area contributed by atoms with Crippen LogP contribution in [0.15, 0.2) is 28.7 Å². The van der Waals surface area contributed by atoms with Gasteiger partial charge >= 0.3 is 0 Å². The van der Waals surface area contributed by atoms with Gasteiger partial charge in [0.2, 0.25) is 0 Å². The van der Waals surface area contributed by atoms with Gasteiger partial charge in [0, 0.05) is 24.1 Å². The maximum atomic E-state index is 9.28. The van der Waals surface area contributed by atoms with E-state index in [1.165, 1.54) is 0 Å². The molecule has 1 aromatic carbocycles. The third kappa shape index (κ3) is 4.74. The highest BCUT2D eigenvalue weighted by atomic mass is 79.9. The summed E-state index contributed by atoms with van der Waals surface area (Å²) < 4.78 is 12.6. The van der Waals surface area contributed by atoms with E-state index < -0.39 is 0 Å². The summed E-state index contributed by atoms with van der Waals surface area (Å²) in [4.78, 5) is 2.28. The first-order valence-electron chi connectivity index (χ1n) is 6.88. The van der Waals surface area contributed by atoms with Crippen molar-refractivity contribution in [2.75, 3.05) is 32.8 Å². The summed E-state index contributed by atoms with van der Waals surface area (Å²) in [6, 6.07) is 7.83. The van der Waals surface area contributed by atoms with Crippen molar-refractivity contribution in [1.29, 1.82) is 0 Å². The normalized spacial score (nSPS) is 22.7. The molecule has 1 aliphatic heterocycles. The Morgan fingerprint density at radius 2 is 2.10 bits per heavy atom. The Kier molecular flexibility index (Phi) is 5.43. The van der Waals surface area contributed by atoms with E-state index in [1.54, 1.807) is 0 Å². The minimum atomic E-state index is -0.219. The molecule has 1 aliphatic rings. The first kappa shape index (κ1) is 15.8. The number of benzene rings is 1. The molecular formula is C15H22BrNO3. The molecule has 1 N–H and O–H groups in total. The lowest BCUT2D eigenvalue weighted by atomic mass is 10.1. The van der Waals surface area contributed by atoms with Gasteiger partial charge in [0.25, 0.3) is 0 Å². The molecule has 1 unspecified atom stereocenters. The van der Waals surface area contributed by atoms with Gasteiger partial charge in [-0.05, 0) is 38.1 Å². The monoisotopic (exact) mass is 343 g/mol. The number of hydrogen-bond acceptors (Lipinski definition) is 4. The summed E-state index contributed by atoms with van der Waals surface area (Å²) in [5.41, 5.74) is -0.219. The second-order valence-electron chi connectivity index (χ2n) is 5.72. The van der Waals surface area contributed by atoms with Gasteiger partial charge in [-0.15, -0.1) is 0 Å². The summed E-state index contributed by atoms with van der Waals surface area (Å²) in [6.07, 6.45) is -0.105. The summed E-state index contributed by atoms with van der Waals surface area (Å²) in [5.74, 6) is 0.874. The average molecular weight is 344 g/mol. The van der Waals surface area contributed by atoms with Crippen molar-refractivity contribution in [1.82, 2.24) is 4.90 Å². The predicted octanol–water partition coefficient (Wildman–Crippen LogP) is 2.30. The van der Waals surface area contributed by atoms with Gasteiger partial charge in [-0.25, -0.2) is 0 Å². The lowest BCUT2D eigenvalue weighted by Crippen LogP contribution is -2.54. The zero-order valence-electron chi connectivity index (χ0n) is 12.0. The second kappa shape index (κ2) is 6.89. The highest BCUT2D eigenvalue weighted by molar-refractivity contribution is 9.10. The van der Waals surface area contributed by atoms with Gasteiger partial charge in [-0.2, -0.15) is 0 Å². The van der Waals surface area contributed by atoms with Gasteiger partial charge in [0.1, 0.15) is 12.4 Å². The molecule has 1 atom stereocenters. The quantitative estimate of drug-likeness (QED) is 0.890. The van der Waals surface area contributed by atoms with Crippen molar-refractivity contribution in [3.63, 3.8) is 0 Å². The Morgan fingerprint density at radius 3 is 2.75 bits per heavy atom. The molecule has 0 radical (unpaired) electrons. The maximum absolute atomic E-state index is 9.28. The van der Waals surface area contributed by atoms with E-state index in [0.29, 0.717) is 6.61 Å². The number of ether oxygens (including phenoxy) is 2. The predicted molar refractivity (Wildman–Crippen MR) is 82.1 cm³/mol. The number of morpholine rings is 1. The summed E-state index contributed by atoms with van der Waals surface area (Å²) >= 11 is 3.40. The van der Waals surface area contributed by atoms with E-state index in [1.807, 2.05) is 24.3 Å². The number of nitrogens with zero attached hydrogens (tertiary/aromatic N) is 1. The third-order valence-electron chi connectivity index (χ3n) is 3.25. The number of rotatable bonds is 5. The molecule has 2 rings (SSSR count). The lowest BCUT2D eigenvalue weighted by Gasteiger charge is -2.42. The number of aliphatic hydroxyl groups is 1. The molecule has 1 saturated heterocycles. The first-order chi connectivity index (χ1) is 9.48. The van der Waals surface area contributed by atoms with Crippen LogP contribution in [0.2, 0.25) is 0 Å². The topological polar surface area (TPSA) is 41.9 Å². The van der Waals surface area contributed by atoms with Crippen LogP contribution >= 0.6 is 15.9 Å². The maximum Gasteiger partial charge on any atom is 0.119 e. The highest BCUT2D eigenvalue weighted by Crippen LogP contribution is 2.21. The van der Waals surface area contributed by atoms with Crippen molar-refractivity contribution in [2.45, 2.75) is 25.6 Å². The van der Waals surface area contributed by atoms with E-state index in [2.05, 4.69) is 34.7 Å². The van der Waals surface area contributed by atoms with Gasteiger partial charge in [0.15, 0.2) is 0 Å². The minimum Gasteiger partial charge on any atom is -0.492 e. The standard InChI is InChI=1S/C15H22BrNO3/c1-15(2)11-17(9-14(10-18)20-15)7-8-19-13-5-3-12(16)4-6-13/h3-6,14,18H,7-11H2,1-2H3. The lowest BCUT2D eigenvalue weighted by molar-refractivity contribution is -0.149. The van der Waals surface area contributed by atoms with Crippen LogP contribution in [-0.4, -0.2) is 54.6 Å². The first-order valence-corrected chi connectivity index (χ1v) is 7.67. The molecule has 5 heteroatoms. The fourth-order valence-corrected chi connectivity index (χ4v) is 2.77. The van der Waals surface area contributed by atoms with Crippen LogP contribution in [0.3, 0.4) is 0 Å². The molecule has 0 spiro atoms. The molecule has 1 fully saturated rings. The zero-order chi connectivity index (χ0) is 14.6. The third-order valence-corrected chi connectivity index (χ3v) is 3.77. The summed E-state index contributed by atoms with van der Waals surface area (Å²) in [5, 5.41) is 9.28. The van der Waals surface area contributed by atoms with Crippen LogP contribution in [0.4, 0.5) is 0 Å². The fraction of sp³-hybridized carbons (Fsp3) is 0.600. The molecule has 4 nitrogen and oxygen atoms in total. The van der Waals surface area contributed by atoms with E-state index in [0.717, 1.165) is 29.9 Å². The Balaban J connectivity index is 1.79. The van der Waals surface area contributed by atoms with Crippen molar-refractivity contribution < 1.29 is 14.6 Å². The molecular weight excluding hydrogens is 322 g/mol. The average Bonchev–Trinajstić information content (AvgIpc) is 2.39. The highest BCUT2D eigenvalue weighted by Gasteiger charge is 2.32. The molecule has 1 heterocycles. The van der Waals surface area contributed by atoms with Gasteiger partial charge < -0.3 is 14.6 Å². The molecule has 20 heavy (non-hydrogen) atoms. The molecule has 0 saturated carbocycles. The number of hydrogen-bond donors (Lipinski definition) is 1. The van der Waals surface area contributed by atoms with Crippen LogP contribution in [0.25, 0.3) is 0 Å². The molecule has 112 valence electrons. The van der Waals surface area contributed by atoms with E-state index in [-0.39, 0.29) is 18.3 Å². The Labute approximate surface area is 128 Å². The molecule has 0 aromatic heterocycles. The smallest absolute Gasteiger partial charge is 0.119 e. The molecule has 1 aromatic rings. The van der Waals surface area contributed by atoms with Crippen molar-refractivity contribution >= 4 is 15.9 Å². The fourth-order valence-electron chi connectivity index (χ4n) is 2.51. The SMILES string of the molecule is CC1(C)CN(CCOc2ccc(Br)cc2)CC(CO)O1. The van der Waals surface area contributed by atoms with E-state index >= 15 is 0 Å². The van der Waals surface area contributed by atoms with Gasteiger partial charge in [-0.3, -0.25) is 4.90 Å². The van der Waals surface area contributed by atoms with Crippen molar-refractivity contribution in [3.8, 4) is 5.75 Å². The zero-order valence-corrected chi connectivity index (χ0v) is 13.6. The largest absolute Gasteiger partial charge is 0.492 e. The van der Waals surface area contributed by atoms with E-state index in [9.17, 15) is 5.11 Å². The van der Waals surface area contributed by atoms with Crippen LogP contribution in [0.1, 0.15) is 13.8 Å². The van der Waals surface area contributed by atoms with Gasteiger partial charge in [-0.1, -0.05) is 15.9 Å². The van der Waals surface area contributed by atoms with Crippen molar-refractivity contribution in [3.05, 3.63) is 28.7 Å². The van der Waals surface area contributed by atoms with Crippen LogP contribution in [0.5, 0.6) is 5.75 Å². The van der Waals surface area contributed by atoms with Crippen LogP contribution < -0.4 is 4.74 Å². The molecule has 0 bridgehead atoms. The molecule has 0 aliphatic carbocycles. The summed E-state index contributed by atoms with van der Waals surface area (Å²) in [6.45, 7) is 7.24. The van der Waals surface area contributed by atoms with E-state index in [4.69, 9.17) is 9.47 Å². The van der Waals surface area contributed by atoms with Crippen LogP contribution in [0, 0.1) is 0 Å². The Morgan fingerprint density at radius 1 is 1.40 bits per heavy atom. The molecule has 0 amide bonds. The number of aliphatic hydroxyl groups excluding tert-OH is 1. The second-order valence-corrected chi connectivity index (χ2v) is 6.64. The van der Waals surface area contributed by atoms with Crippen LogP contribution in [-0.2, 0) is 4.74 Å². The minimum absolute atomic E-state index is 0.0630. The van der Waals surface area contributed by atoms with Gasteiger partial charge in [0.05, 0.1) is 18.3 Å². The summed E-state index contributed by atoms with van der Waals surface area (Å²) in [7, 11) is 0. The Hall–Kier alpha value is -0.620. The Bertz CT molecular complexity index is 422.